The summed E-state index contributed by atoms with van der Waals surface area (Å²) < 4.78 is 5.85. The maximum absolute atomic E-state index is 5.85. The van der Waals surface area contributed by atoms with E-state index >= 15 is 0 Å². The quantitative estimate of drug-likeness (QED) is 0.794. The Morgan fingerprint density at radius 3 is 2.24 bits per heavy atom. The number of ether oxygens (including phenoxy) is 1. The first-order valence-corrected chi connectivity index (χ1v) is 8.62. The molecule has 1 aliphatic rings. The summed E-state index contributed by atoms with van der Waals surface area (Å²) in [6.45, 7) is 11.7. The van der Waals surface area contributed by atoms with E-state index in [0.29, 0.717) is 0 Å². The molecule has 0 spiro atoms. The Kier molecular flexibility index (Phi) is 6.10. The Balaban J connectivity index is 1.62. The number of hydrogen-bond donors (Lipinski definition) is 1. The molecular formula is C19H32NO+. The lowest BCUT2D eigenvalue weighted by Gasteiger charge is -2.23. The Morgan fingerprint density at radius 1 is 0.952 bits per heavy atom. The zero-order valence-corrected chi connectivity index (χ0v) is 14.1. The van der Waals surface area contributed by atoms with Crippen LogP contribution in [0.15, 0.2) is 24.3 Å². The number of piperidine rings is 1. The first kappa shape index (κ1) is 16.4. The van der Waals surface area contributed by atoms with Gasteiger partial charge in [-0.2, -0.15) is 0 Å². The SMILES string of the molecule is CC(C)(C)c1ccc(OCCCC[NH+]2CCCCC2)cc1. The maximum atomic E-state index is 5.85. The predicted octanol–water partition coefficient (Wildman–Crippen LogP) is 3.21. The summed E-state index contributed by atoms with van der Waals surface area (Å²) in [5.41, 5.74) is 1.58. The second-order valence-corrected chi connectivity index (χ2v) is 7.39. The highest BCUT2D eigenvalue weighted by molar-refractivity contribution is 5.31. The molecule has 1 saturated heterocycles. The molecule has 1 aliphatic heterocycles. The molecular weight excluding hydrogens is 258 g/mol. The minimum Gasteiger partial charge on any atom is -0.494 e. The van der Waals surface area contributed by atoms with Crippen LogP contribution in [0.5, 0.6) is 5.75 Å². The van der Waals surface area contributed by atoms with Gasteiger partial charge < -0.3 is 9.64 Å². The number of unbranched alkanes of at least 4 members (excludes halogenated alkanes) is 1. The van der Waals surface area contributed by atoms with Gasteiger partial charge in [-0.15, -0.1) is 0 Å². The summed E-state index contributed by atoms with van der Waals surface area (Å²) in [6, 6.07) is 8.59. The largest absolute Gasteiger partial charge is 0.494 e. The van der Waals surface area contributed by atoms with Gasteiger partial charge in [0.25, 0.3) is 0 Å². The van der Waals surface area contributed by atoms with Crippen LogP contribution in [0, 0.1) is 0 Å². The molecule has 2 heteroatoms. The van der Waals surface area contributed by atoms with Crippen molar-refractivity contribution in [3.8, 4) is 5.75 Å². The number of quaternary nitrogens is 1. The van der Waals surface area contributed by atoms with Crippen molar-refractivity contribution in [3.05, 3.63) is 29.8 Å². The van der Waals surface area contributed by atoms with Crippen molar-refractivity contribution in [2.75, 3.05) is 26.2 Å². The molecule has 0 aromatic heterocycles. The van der Waals surface area contributed by atoms with Crippen molar-refractivity contribution in [2.24, 2.45) is 0 Å². The van der Waals surface area contributed by atoms with Crippen LogP contribution >= 0.6 is 0 Å². The molecule has 0 saturated carbocycles. The van der Waals surface area contributed by atoms with Crippen LogP contribution < -0.4 is 9.64 Å². The molecule has 1 aromatic carbocycles. The molecule has 0 radical (unpaired) electrons. The Morgan fingerprint density at radius 2 is 1.62 bits per heavy atom. The molecule has 1 fully saturated rings. The van der Waals surface area contributed by atoms with Crippen molar-refractivity contribution in [3.63, 3.8) is 0 Å². The normalized spacial score (nSPS) is 16.9. The molecule has 1 heterocycles. The van der Waals surface area contributed by atoms with Crippen molar-refractivity contribution in [2.45, 2.75) is 58.3 Å². The van der Waals surface area contributed by atoms with Crippen LogP contribution in [0.2, 0.25) is 0 Å². The van der Waals surface area contributed by atoms with Gasteiger partial charge in [0.05, 0.1) is 26.2 Å². The van der Waals surface area contributed by atoms with E-state index in [1.54, 1.807) is 4.90 Å². The maximum Gasteiger partial charge on any atom is 0.119 e. The fourth-order valence-electron chi connectivity index (χ4n) is 3.02. The van der Waals surface area contributed by atoms with Gasteiger partial charge in [0, 0.05) is 0 Å². The Hall–Kier alpha value is -1.02. The topological polar surface area (TPSA) is 13.7 Å². The van der Waals surface area contributed by atoms with Crippen molar-refractivity contribution >= 4 is 0 Å². The van der Waals surface area contributed by atoms with Crippen LogP contribution in [-0.4, -0.2) is 26.2 Å². The van der Waals surface area contributed by atoms with Gasteiger partial charge in [0.15, 0.2) is 0 Å². The van der Waals surface area contributed by atoms with E-state index in [4.69, 9.17) is 4.74 Å². The van der Waals surface area contributed by atoms with E-state index in [-0.39, 0.29) is 5.41 Å². The molecule has 21 heavy (non-hydrogen) atoms. The standard InChI is InChI=1S/C19H31NO/c1-19(2,3)17-9-11-18(12-10-17)21-16-8-7-15-20-13-5-4-6-14-20/h9-12H,4-8,13-16H2,1-3H3/p+1. The Labute approximate surface area is 130 Å². The van der Waals surface area contributed by atoms with E-state index < -0.39 is 0 Å². The number of nitrogens with one attached hydrogen (secondary N) is 1. The molecule has 0 bridgehead atoms. The highest BCUT2D eigenvalue weighted by Crippen LogP contribution is 2.24. The van der Waals surface area contributed by atoms with Crippen LogP contribution in [0.1, 0.15) is 58.4 Å². The second kappa shape index (κ2) is 7.84. The first-order chi connectivity index (χ1) is 10.1. The summed E-state index contributed by atoms with van der Waals surface area (Å²) in [6.07, 6.45) is 6.75. The third-order valence-corrected chi connectivity index (χ3v) is 4.47. The average molecular weight is 290 g/mol. The van der Waals surface area contributed by atoms with E-state index in [2.05, 4.69) is 45.0 Å². The lowest BCUT2D eigenvalue weighted by atomic mass is 9.87. The van der Waals surface area contributed by atoms with E-state index in [0.717, 1.165) is 12.4 Å². The minimum absolute atomic E-state index is 0.218. The molecule has 118 valence electrons. The molecule has 1 N–H and O–H groups in total. The molecule has 0 unspecified atom stereocenters. The molecule has 1 aromatic rings. The van der Waals surface area contributed by atoms with Gasteiger partial charge in [-0.05, 0) is 55.2 Å². The van der Waals surface area contributed by atoms with Gasteiger partial charge in [-0.25, -0.2) is 0 Å². The second-order valence-electron chi connectivity index (χ2n) is 7.39. The van der Waals surface area contributed by atoms with Crippen molar-refractivity contribution in [1.82, 2.24) is 0 Å². The summed E-state index contributed by atoms with van der Waals surface area (Å²) >= 11 is 0. The highest BCUT2D eigenvalue weighted by Gasteiger charge is 2.13. The monoisotopic (exact) mass is 290 g/mol. The lowest BCUT2D eigenvalue weighted by molar-refractivity contribution is -0.905. The molecule has 2 nitrogen and oxygen atoms in total. The average Bonchev–Trinajstić information content (AvgIpc) is 2.47. The summed E-state index contributed by atoms with van der Waals surface area (Å²) in [7, 11) is 0. The smallest absolute Gasteiger partial charge is 0.119 e. The van der Waals surface area contributed by atoms with E-state index in [1.165, 1.54) is 57.3 Å². The lowest BCUT2D eigenvalue weighted by Crippen LogP contribution is -3.12. The van der Waals surface area contributed by atoms with Gasteiger partial charge in [-0.1, -0.05) is 32.9 Å². The molecule has 2 rings (SSSR count). The third-order valence-electron chi connectivity index (χ3n) is 4.47. The van der Waals surface area contributed by atoms with E-state index in [1.807, 2.05) is 0 Å². The first-order valence-electron chi connectivity index (χ1n) is 8.62. The van der Waals surface area contributed by atoms with Gasteiger partial charge in [-0.3, -0.25) is 0 Å². The fraction of sp³-hybridized carbons (Fsp3) is 0.684. The zero-order valence-electron chi connectivity index (χ0n) is 14.1. The number of benzene rings is 1. The highest BCUT2D eigenvalue weighted by atomic mass is 16.5. The molecule has 0 atom stereocenters. The number of likely N-dealkylation sites (tertiary alicyclic amines) is 1. The third kappa shape index (κ3) is 5.70. The van der Waals surface area contributed by atoms with Gasteiger partial charge in [0.2, 0.25) is 0 Å². The van der Waals surface area contributed by atoms with Crippen LogP contribution in [0.4, 0.5) is 0 Å². The zero-order chi connectivity index (χ0) is 15.1. The van der Waals surface area contributed by atoms with E-state index in [9.17, 15) is 0 Å². The predicted molar refractivity (Wildman–Crippen MR) is 89.3 cm³/mol. The fourth-order valence-corrected chi connectivity index (χ4v) is 3.02. The molecule has 0 aliphatic carbocycles. The van der Waals surface area contributed by atoms with Crippen LogP contribution in [0.3, 0.4) is 0 Å². The van der Waals surface area contributed by atoms with Crippen molar-refractivity contribution < 1.29 is 9.64 Å². The minimum atomic E-state index is 0.218. The van der Waals surface area contributed by atoms with Crippen LogP contribution in [-0.2, 0) is 5.41 Å². The van der Waals surface area contributed by atoms with Crippen LogP contribution in [0.25, 0.3) is 0 Å². The summed E-state index contributed by atoms with van der Waals surface area (Å²) in [5.74, 6) is 1.01. The number of hydrogen-bond acceptors (Lipinski definition) is 1. The van der Waals surface area contributed by atoms with Crippen molar-refractivity contribution in [1.29, 1.82) is 0 Å². The summed E-state index contributed by atoms with van der Waals surface area (Å²) in [5, 5.41) is 0. The number of rotatable bonds is 6. The Bertz CT molecular complexity index is 399. The van der Waals surface area contributed by atoms with Gasteiger partial charge in [0.1, 0.15) is 5.75 Å². The summed E-state index contributed by atoms with van der Waals surface area (Å²) in [4.78, 5) is 1.80. The van der Waals surface area contributed by atoms with Gasteiger partial charge >= 0.3 is 0 Å². The molecule has 0 amide bonds.